The molecule has 1 aromatic rings. The van der Waals surface area contributed by atoms with Crippen molar-refractivity contribution in [2.24, 2.45) is 0 Å². The summed E-state index contributed by atoms with van der Waals surface area (Å²) >= 11 is 0. The van der Waals surface area contributed by atoms with E-state index in [2.05, 4.69) is 0 Å². The van der Waals surface area contributed by atoms with Crippen LogP contribution in [0, 0.1) is 0 Å². The van der Waals surface area contributed by atoms with Crippen molar-refractivity contribution in [2.75, 3.05) is 26.3 Å². The summed E-state index contributed by atoms with van der Waals surface area (Å²) in [6.45, 7) is 2.48. The second-order valence-electron chi connectivity index (χ2n) is 4.91. The maximum Gasteiger partial charge on any atom is 0.246 e. The fraction of sp³-hybridized carbons (Fsp3) is 0.353. The topological polar surface area (TPSA) is 49.8 Å². The molecule has 0 spiro atoms. The zero-order chi connectivity index (χ0) is 14.9. The third kappa shape index (κ3) is 5.53. The Kier molecular flexibility index (Phi) is 6.19. The zero-order valence-corrected chi connectivity index (χ0v) is 12.0. The zero-order valence-electron chi connectivity index (χ0n) is 12.0. The van der Waals surface area contributed by atoms with Gasteiger partial charge in [0.15, 0.2) is 0 Å². The van der Waals surface area contributed by atoms with Crippen LogP contribution in [0.15, 0.2) is 48.6 Å². The lowest BCUT2D eigenvalue weighted by atomic mass is 10.1. The lowest BCUT2D eigenvalue weighted by molar-refractivity contribution is -0.129. The van der Waals surface area contributed by atoms with Crippen molar-refractivity contribution in [1.29, 1.82) is 0 Å². The van der Waals surface area contributed by atoms with E-state index in [1.165, 1.54) is 6.08 Å². The van der Waals surface area contributed by atoms with Gasteiger partial charge in [0.05, 0.1) is 19.3 Å². The van der Waals surface area contributed by atoms with E-state index in [1.807, 2.05) is 36.4 Å². The quantitative estimate of drug-likeness (QED) is 0.841. The molecule has 0 aliphatic carbocycles. The molecule has 4 nitrogen and oxygen atoms in total. The molecule has 1 atom stereocenters. The van der Waals surface area contributed by atoms with Crippen LogP contribution in [0.25, 0.3) is 6.08 Å². The molecular weight excluding hydrogens is 266 g/mol. The number of nitrogens with zero attached hydrogens (tertiary/aromatic N) is 1. The largest absolute Gasteiger partial charge is 0.389 e. The lowest BCUT2D eigenvalue weighted by Crippen LogP contribution is -2.39. The van der Waals surface area contributed by atoms with Crippen molar-refractivity contribution in [3.8, 4) is 0 Å². The average Bonchev–Trinajstić information content (AvgIpc) is 2.54. The molecule has 1 N–H and O–H groups in total. The molecule has 0 saturated carbocycles. The predicted molar refractivity (Wildman–Crippen MR) is 82.6 cm³/mol. The molecule has 1 fully saturated rings. The molecule has 0 unspecified atom stereocenters. The molecule has 2 rings (SSSR count). The molecule has 112 valence electrons. The number of carbonyl (C=O) groups excluding carboxylic acids is 1. The Bertz CT molecular complexity index is 490. The summed E-state index contributed by atoms with van der Waals surface area (Å²) < 4.78 is 5.20. The molecule has 1 aliphatic rings. The lowest BCUT2D eigenvalue weighted by Gasteiger charge is -2.25. The minimum Gasteiger partial charge on any atom is -0.389 e. The number of benzene rings is 1. The van der Waals surface area contributed by atoms with Gasteiger partial charge in [0.2, 0.25) is 5.91 Å². The Morgan fingerprint density at radius 1 is 1.29 bits per heavy atom. The molecule has 1 aliphatic heterocycles. The maximum atomic E-state index is 11.8. The van der Waals surface area contributed by atoms with Gasteiger partial charge in [-0.2, -0.15) is 0 Å². The number of rotatable bonds is 5. The van der Waals surface area contributed by atoms with E-state index in [0.717, 1.165) is 5.56 Å². The van der Waals surface area contributed by atoms with Gasteiger partial charge in [0.1, 0.15) is 0 Å². The van der Waals surface area contributed by atoms with Gasteiger partial charge < -0.3 is 14.7 Å². The van der Waals surface area contributed by atoms with E-state index in [9.17, 15) is 9.90 Å². The van der Waals surface area contributed by atoms with Gasteiger partial charge in [-0.1, -0.05) is 48.6 Å². The van der Waals surface area contributed by atoms with Crippen molar-refractivity contribution in [3.63, 3.8) is 0 Å². The molecule has 0 aromatic heterocycles. The second-order valence-corrected chi connectivity index (χ2v) is 4.91. The van der Waals surface area contributed by atoms with Gasteiger partial charge >= 0.3 is 0 Å². The average molecular weight is 287 g/mol. The van der Waals surface area contributed by atoms with Crippen molar-refractivity contribution in [3.05, 3.63) is 54.1 Å². The third-order valence-electron chi connectivity index (χ3n) is 3.27. The molecule has 0 radical (unpaired) electrons. The Morgan fingerprint density at radius 2 is 2.00 bits per heavy atom. The van der Waals surface area contributed by atoms with Gasteiger partial charge in [-0.3, -0.25) is 4.79 Å². The smallest absolute Gasteiger partial charge is 0.246 e. The standard InChI is InChI=1S/C17H21NO3/c19-16(10-9-15-5-2-1-3-6-15)7-4-8-17(20)18-11-13-21-14-12-18/h1-6,8-10,16,19H,7,11-14H2/b8-4+,10-9+/t16-/m1/s1. The van der Waals surface area contributed by atoms with Crippen molar-refractivity contribution in [1.82, 2.24) is 4.90 Å². The van der Waals surface area contributed by atoms with Gasteiger partial charge in [-0.15, -0.1) is 0 Å². The fourth-order valence-electron chi connectivity index (χ4n) is 2.06. The Morgan fingerprint density at radius 3 is 2.71 bits per heavy atom. The van der Waals surface area contributed by atoms with E-state index < -0.39 is 6.10 Å². The van der Waals surface area contributed by atoms with Crippen LogP contribution in [0.2, 0.25) is 0 Å². The van der Waals surface area contributed by atoms with E-state index >= 15 is 0 Å². The molecule has 1 aromatic carbocycles. The van der Waals surface area contributed by atoms with Gasteiger partial charge in [-0.25, -0.2) is 0 Å². The number of amides is 1. The molecule has 4 heteroatoms. The summed E-state index contributed by atoms with van der Waals surface area (Å²) in [5.74, 6) is -0.0162. The Hall–Kier alpha value is -1.91. The number of hydrogen-bond acceptors (Lipinski definition) is 3. The highest BCUT2D eigenvalue weighted by Crippen LogP contribution is 2.05. The summed E-state index contributed by atoms with van der Waals surface area (Å²) in [6, 6.07) is 9.80. The van der Waals surface area contributed by atoms with Crippen molar-refractivity contribution in [2.45, 2.75) is 12.5 Å². The normalized spacial score (nSPS) is 17.5. The first kappa shape index (κ1) is 15.5. The Labute approximate surface area is 125 Å². The van der Waals surface area contributed by atoms with Crippen LogP contribution < -0.4 is 0 Å². The van der Waals surface area contributed by atoms with Gasteiger partial charge in [0, 0.05) is 13.1 Å². The van der Waals surface area contributed by atoms with Crippen LogP contribution in [0.5, 0.6) is 0 Å². The highest BCUT2D eigenvalue weighted by molar-refractivity contribution is 5.87. The first-order valence-electron chi connectivity index (χ1n) is 7.20. The van der Waals surface area contributed by atoms with Crippen molar-refractivity contribution < 1.29 is 14.6 Å². The van der Waals surface area contributed by atoms with Gasteiger partial charge in [0.25, 0.3) is 0 Å². The summed E-state index contributed by atoms with van der Waals surface area (Å²) in [4.78, 5) is 13.6. The number of ether oxygens (including phenoxy) is 1. The molecular formula is C17H21NO3. The monoisotopic (exact) mass is 287 g/mol. The fourth-order valence-corrected chi connectivity index (χ4v) is 2.06. The van der Waals surface area contributed by atoms with Crippen LogP contribution in [-0.2, 0) is 9.53 Å². The van der Waals surface area contributed by atoms with Gasteiger partial charge in [-0.05, 0) is 18.1 Å². The van der Waals surface area contributed by atoms with Crippen molar-refractivity contribution >= 4 is 12.0 Å². The number of hydrogen-bond donors (Lipinski definition) is 1. The first-order chi connectivity index (χ1) is 10.3. The third-order valence-corrected chi connectivity index (χ3v) is 3.27. The maximum absolute atomic E-state index is 11.8. The number of morpholine rings is 1. The van der Waals surface area contributed by atoms with Crippen LogP contribution in [0.3, 0.4) is 0 Å². The van der Waals surface area contributed by atoms with E-state index in [0.29, 0.717) is 32.7 Å². The SMILES string of the molecule is O=C(/C=C/C[C@@H](O)/C=C/c1ccccc1)N1CCOCC1. The number of aliphatic hydroxyl groups is 1. The summed E-state index contributed by atoms with van der Waals surface area (Å²) in [5, 5.41) is 9.85. The molecule has 0 bridgehead atoms. The minimum atomic E-state index is -0.584. The first-order valence-corrected chi connectivity index (χ1v) is 7.20. The Balaban J connectivity index is 1.75. The predicted octanol–water partition coefficient (Wildman–Crippen LogP) is 1.87. The van der Waals surface area contributed by atoms with Crippen LogP contribution >= 0.6 is 0 Å². The van der Waals surface area contributed by atoms with Crippen LogP contribution in [0.4, 0.5) is 0 Å². The van der Waals surface area contributed by atoms with E-state index in [4.69, 9.17) is 4.74 Å². The molecule has 1 saturated heterocycles. The summed E-state index contributed by atoms with van der Waals surface area (Å²) in [6.07, 6.45) is 6.71. The van der Waals surface area contributed by atoms with E-state index in [1.54, 1.807) is 17.1 Å². The second kappa shape index (κ2) is 8.39. The highest BCUT2D eigenvalue weighted by Gasteiger charge is 2.13. The van der Waals surface area contributed by atoms with Crippen LogP contribution in [0.1, 0.15) is 12.0 Å². The molecule has 21 heavy (non-hydrogen) atoms. The number of carbonyl (C=O) groups is 1. The minimum absolute atomic E-state index is 0.0162. The van der Waals surface area contributed by atoms with Crippen LogP contribution in [-0.4, -0.2) is 48.3 Å². The van der Waals surface area contributed by atoms with E-state index in [-0.39, 0.29) is 5.91 Å². The molecule has 1 heterocycles. The molecule has 1 amide bonds. The summed E-state index contributed by atoms with van der Waals surface area (Å²) in [7, 11) is 0. The highest BCUT2D eigenvalue weighted by atomic mass is 16.5. The summed E-state index contributed by atoms with van der Waals surface area (Å²) in [5.41, 5.74) is 1.05. The number of aliphatic hydroxyl groups excluding tert-OH is 1.